The lowest BCUT2D eigenvalue weighted by atomic mass is 10.1. The molecule has 0 radical (unpaired) electrons. The first-order chi connectivity index (χ1) is 20.9. The Hall–Kier alpha value is -4.99. The number of amides is 3. The zero-order valence-corrected chi connectivity index (χ0v) is 24.3. The number of rotatable bonds is 10. The van der Waals surface area contributed by atoms with Crippen LogP contribution in [-0.4, -0.2) is 17.7 Å². The minimum atomic E-state index is -0.583. The van der Waals surface area contributed by atoms with E-state index >= 15 is 0 Å². The van der Waals surface area contributed by atoms with Crippen LogP contribution in [0.4, 0.5) is 15.8 Å². The maximum atomic E-state index is 13.3. The van der Waals surface area contributed by atoms with Gasteiger partial charge in [0, 0.05) is 21.8 Å². The number of halogens is 1. The molecule has 0 aliphatic rings. The molecule has 1 aromatic heterocycles. The third-order valence-electron chi connectivity index (χ3n) is 6.20. The minimum absolute atomic E-state index is 0.104. The van der Waals surface area contributed by atoms with Crippen molar-refractivity contribution in [3.63, 3.8) is 0 Å². The molecule has 1 atom stereocenters. The van der Waals surface area contributed by atoms with Crippen molar-refractivity contribution in [3.8, 4) is 0 Å². The zero-order valence-electron chi connectivity index (χ0n) is 22.7. The largest absolute Gasteiger partial charge is 0.325 e. The van der Waals surface area contributed by atoms with E-state index in [2.05, 4.69) is 16.0 Å². The highest BCUT2D eigenvalue weighted by atomic mass is 32.2. The Labute approximate surface area is 256 Å². The summed E-state index contributed by atoms with van der Waals surface area (Å²) in [7, 11) is 0. The van der Waals surface area contributed by atoms with Gasteiger partial charge in [0.15, 0.2) is 0 Å². The summed E-state index contributed by atoms with van der Waals surface area (Å²) in [6.45, 7) is 0. The number of hydrogen-bond acceptors (Lipinski definition) is 5. The lowest BCUT2D eigenvalue weighted by Crippen LogP contribution is -2.30. The summed E-state index contributed by atoms with van der Waals surface area (Å²) >= 11 is 2.83. The van der Waals surface area contributed by atoms with Gasteiger partial charge in [0.25, 0.3) is 11.8 Å². The molecule has 0 saturated carbocycles. The molecule has 1 unspecified atom stereocenters. The Balaban J connectivity index is 1.30. The van der Waals surface area contributed by atoms with Crippen molar-refractivity contribution in [2.75, 3.05) is 10.6 Å². The number of benzene rings is 4. The number of anilines is 2. The number of thiophene rings is 1. The van der Waals surface area contributed by atoms with Crippen LogP contribution in [0.2, 0.25) is 0 Å². The normalized spacial score (nSPS) is 11.8. The van der Waals surface area contributed by atoms with E-state index in [1.165, 1.54) is 47.4 Å². The monoisotopic (exact) mass is 607 g/mol. The van der Waals surface area contributed by atoms with Crippen molar-refractivity contribution in [2.24, 2.45) is 0 Å². The predicted molar refractivity (Wildman–Crippen MR) is 171 cm³/mol. The Bertz CT molecular complexity index is 1710. The van der Waals surface area contributed by atoms with Crippen molar-refractivity contribution in [1.29, 1.82) is 0 Å². The molecule has 9 heteroatoms. The first-order valence-electron chi connectivity index (χ1n) is 13.2. The maximum Gasteiger partial charge on any atom is 0.272 e. The highest BCUT2D eigenvalue weighted by Crippen LogP contribution is 2.36. The second kappa shape index (κ2) is 14.3. The van der Waals surface area contributed by atoms with Crippen LogP contribution in [0.25, 0.3) is 6.08 Å². The third-order valence-corrected chi connectivity index (χ3v) is 8.17. The lowest BCUT2D eigenvalue weighted by Gasteiger charge is -2.17. The van der Waals surface area contributed by atoms with Crippen LogP contribution in [0.5, 0.6) is 0 Å². The second-order valence-electron chi connectivity index (χ2n) is 9.32. The van der Waals surface area contributed by atoms with E-state index in [1.54, 1.807) is 42.5 Å². The molecule has 0 aliphatic heterocycles. The van der Waals surface area contributed by atoms with Crippen LogP contribution < -0.4 is 16.0 Å². The number of thioether (sulfide) groups is 1. The molecule has 0 bridgehead atoms. The second-order valence-corrected chi connectivity index (χ2v) is 11.3. The molecule has 0 fully saturated rings. The van der Waals surface area contributed by atoms with E-state index in [4.69, 9.17) is 0 Å². The Morgan fingerprint density at radius 3 is 2.02 bits per heavy atom. The Morgan fingerprint density at radius 1 is 0.744 bits per heavy atom. The van der Waals surface area contributed by atoms with Crippen LogP contribution >= 0.6 is 23.1 Å². The Kier molecular flexibility index (Phi) is 9.78. The topological polar surface area (TPSA) is 87.3 Å². The summed E-state index contributed by atoms with van der Waals surface area (Å²) in [4.78, 5) is 40.2. The van der Waals surface area contributed by atoms with Gasteiger partial charge >= 0.3 is 0 Å². The van der Waals surface area contributed by atoms with Gasteiger partial charge in [-0.25, -0.2) is 4.39 Å². The molecule has 5 rings (SSSR count). The van der Waals surface area contributed by atoms with E-state index in [-0.39, 0.29) is 17.4 Å². The van der Waals surface area contributed by atoms with Gasteiger partial charge in [0.2, 0.25) is 5.91 Å². The van der Waals surface area contributed by atoms with Gasteiger partial charge in [-0.15, -0.1) is 11.8 Å². The molecular weight excluding hydrogens is 582 g/mol. The molecule has 1 heterocycles. The molecule has 214 valence electrons. The van der Waals surface area contributed by atoms with Crippen LogP contribution in [-0.2, 0) is 9.59 Å². The molecule has 0 saturated heterocycles. The van der Waals surface area contributed by atoms with E-state index in [9.17, 15) is 18.8 Å². The maximum absolute atomic E-state index is 13.3. The summed E-state index contributed by atoms with van der Waals surface area (Å²) in [5.41, 5.74) is 3.16. The SMILES string of the molecule is O=C(Nc1ccc(SC(C(=O)Nc2ccc(F)cc2)c2ccccc2)cc1)/C(=C/c1ccsc1)NC(=O)c1ccccc1. The zero-order chi connectivity index (χ0) is 30.0. The molecule has 6 nitrogen and oxygen atoms in total. The summed E-state index contributed by atoms with van der Waals surface area (Å²) < 4.78 is 13.3. The number of carbonyl (C=O) groups is 3. The fourth-order valence-electron chi connectivity index (χ4n) is 4.06. The van der Waals surface area contributed by atoms with Crippen molar-refractivity contribution in [2.45, 2.75) is 10.1 Å². The van der Waals surface area contributed by atoms with E-state index in [1.807, 2.05) is 65.4 Å². The van der Waals surface area contributed by atoms with Crippen LogP contribution in [0, 0.1) is 5.82 Å². The van der Waals surface area contributed by atoms with Crippen LogP contribution in [0.1, 0.15) is 26.7 Å². The molecule has 43 heavy (non-hydrogen) atoms. The number of nitrogens with one attached hydrogen (secondary N) is 3. The molecule has 4 aromatic carbocycles. The van der Waals surface area contributed by atoms with Gasteiger partial charge in [0.05, 0.1) is 0 Å². The van der Waals surface area contributed by atoms with Crippen molar-refractivity contribution < 1.29 is 18.8 Å². The summed E-state index contributed by atoms with van der Waals surface area (Å²) in [5, 5.41) is 11.6. The van der Waals surface area contributed by atoms with E-state index in [0.717, 1.165) is 16.0 Å². The minimum Gasteiger partial charge on any atom is -0.325 e. The smallest absolute Gasteiger partial charge is 0.272 e. The molecule has 0 spiro atoms. The van der Waals surface area contributed by atoms with Crippen molar-refractivity contribution >= 4 is 58.3 Å². The van der Waals surface area contributed by atoms with Crippen LogP contribution in [0.15, 0.2) is 137 Å². The Morgan fingerprint density at radius 2 is 1.37 bits per heavy atom. The standard InChI is InChI=1S/C34H26FN3O3S2/c35-26-11-13-27(14-12-26)37-34(41)31(24-7-3-1-4-8-24)43-29-17-15-28(16-18-29)36-33(40)30(21-23-19-20-42-22-23)38-32(39)25-9-5-2-6-10-25/h1-22,31H,(H,36,40)(H,37,41)(H,38,39)/b30-21-. The molecule has 3 N–H and O–H groups in total. The van der Waals surface area contributed by atoms with Gasteiger partial charge in [0.1, 0.15) is 16.8 Å². The molecular formula is C34H26FN3O3S2. The first kappa shape index (κ1) is 29.5. The van der Waals surface area contributed by atoms with Crippen molar-refractivity contribution in [3.05, 3.63) is 154 Å². The lowest BCUT2D eigenvalue weighted by molar-refractivity contribution is -0.116. The van der Waals surface area contributed by atoms with Crippen molar-refractivity contribution in [1.82, 2.24) is 5.32 Å². The van der Waals surface area contributed by atoms with Crippen LogP contribution in [0.3, 0.4) is 0 Å². The highest BCUT2D eigenvalue weighted by Gasteiger charge is 2.22. The average molecular weight is 608 g/mol. The first-order valence-corrected chi connectivity index (χ1v) is 15.1. The van der Waals surface area contributed by atoms with Gasteiger partial charge in [-0.3, -0.25) is 14.4 Å². The van der Waals surface area contributed by atoms with Gasteiger partial charge in [-0.05, 0) is 94.7 Å². The molecule has 5 aromatic rings. The molecule has 0 aliphatic carbocycles. The quantitative estimate of drug-likeness (QED) is 0.112. The van der Waals surface area contributed by atoms with Gasteiger partial charge in [-0.2, -0.15) is 11.3 Å². The van der Waals surface area contributed by atoms with E-state index in [0.29, 0.717) is 16.9 Å². The van der Waals surface area contributed by atoms with Gasteiger partial charge < -0.3 is 16.0 Å². The highest BCUT2D eigenvalue weighted by molar-refractivity contribution is 8.00. The summed E-state index contributed by atoms with van der Waals surface area (Å²) in [5.74, 6) is -1.50. The third kappa shape index (κ3) is 8.28. The summed E-state index contributed by atoms with van der Waals surface area (Å²) in [6.07, 6.45) is 1.63. The fraction of sp³-hybridized carbons (Fsp3) is 0.0294. The number of hydrogen-bond donors (Lipinski definition) is 3. The fourth-order valence-corrected chi connectivity index (χ4v) is 5.70. The van der Waals surface area contributed by atoms with E-state index < -0.39 is 17.1 Å². The molecule has 3 amide bonds. The number of carbonyl (C=O) groups excluding carboxylic acids is 3. The predicted octanol–water partition coefficient (Wildman–Crippen LogP) is 7.77. The summed E-state index contributed by atoms with van der Waals surface area (Å²) in [6, 6.07) is 32.6. The average Bonchev–Trinajstić information content (AvgIpc) is 3.55. The van der Waals surface area contributed by atoms with Gasteiger partial charge in [-0.1, -0.05) is 48.5 Å².